The van der Waals surface area contributed by atoms with Gasteiger partial charge in [0.2, 0.25) is 15.2 Å². The highest BCUT2D eigenvalue weighted by Gasteiger charge is 2.30. The van der Waals surface area contributed by atoms with E-state index in [-0.39, 0.29) is 11.6 Å². The van der Waals surface area contributed by atoms with E-state index in [1.807, 2.05) is 0 Å². The summed E-state index contributed by atoms with van der Waals surface area (Å²) in [4.78, 5) is 11.8. The monoisotopic (exact) mass is 382 g/mol. The summed E-state index contributed by atoms with van der Waals surface area (Å²) in [5, 5.41) is 11.7. The first kappa shape index (κ1) is 16.6. The smallest absolute Gasteiger partial charge is 0.257 e. The molecule has 0 atom stereocenters. The van der Waals surface area contributed by atoms with Crippen LogP contribution in [0.2, 0.25) is 0 Å². The summed E-state index contributed by atoms with van der Waals surface area (Å²) in [6, 6.07) is 3.11. The molecule has 0 saturated heterocycles. The van der Waals surface area contributed by atoms with Crippen LogP contribution in [0.5, 0.6) is 0 Å². The lowest BCUT2D eigenvalue weighted by molar-refractivity contribution is 0.102. The molecular weight excluding hydrogens is 367 g/mol. The van der Waals surface area contributed by atoms with Crippen molar-refractivity contribution in [1.29, 1.82) is 0 Å². The van der Waals surface area contributed by atoms with Gasteiger partial charge in [0.1, 0.15) is 15.7 Å². The summed E-state index contributed by atoms with van der Waals surface area (Å²) in [6.45, 7) is 0. The number of nitrogens with zero attached hydrogens (tertiary/aromatic N) is 2. The third kappa shape index (κ3) is 3.70. The van der Waals surface area contributed by atoms with Gasteiger partial charge in [0.15, 0.2) is 0 Å². The third-order valence-corrected chi connectivity index (χ3v) is 6.51. The molecule has 2 aromatic rings. The largest absolute Gasteiger partial charge is 0.296 e. The summed E-state index contributed by atoms with van der Waals surface area (Å²) in [5.41, 5.74) is 0.0424. The average Bonchev–Trinajstić information content (AvgIpc) is 3.49. The zero-order chi connectivity index (χ0) is 17.6. The number of anilines is 1. The molecular formula is C15H15FN4O3S2. The Morgan fingerprint density at radius 3 is 2.64 bits per heavy atom. The number of amides is 1. The molecule has 2 aliphatic rings. The lowest BCUT2D eigenvalue weighted by Gasteiger charge is -2.08. The highest BCUT2D eigenvalue weighted by Crippen LogP contribution is 2.42. The standard InChI is InChI=1S/C15H15FN4O3S2/c16-11-6-3-9(7-12(11)25(22,23)20-10-4-5-10)13(21)17-15-19-18-14(24-15)8-1-2-8/h3,6-8,10,20H,1-2,4-5H2,(H,17,19,21). The highest BCUT2D eigenvalue weighted by atomic mass is 32.2. The first-order valence-electron chi connectivity index (χ1n) is 7.89. The van der Waals surface area contributed by atoms with Crippen LogP contribution in [0.15, 0.2) is 23.1 Å². The quantitative estimate of drug-likeness (QED) is 0.798. The topological polar surface area (TPSA) is 101 Å². The van der Waals surface area contributed by atoms with E-state index in [0.717, 1.165) is 42.8 Å². The molecule has 0 radical (unpaired) electrons. The molecule has 25 heavy (non-hydrogen) atoms. The normalized spacial score (nSPS) is 17.5. The predicted octanol–water partition coefficient (Wildman–Crippen LogP) is 2.25. The van der Waals surface area contributed by atoms with E-state index in [1.165, 1.54) is 17.4 Å². The number of hydrogen-bond donors (Lipinski definition) is 2. The molecule has 132 valence electrons. The zero-order valence-corrected chi connectivity index (χ0v) is 14.7. The fourth-order valence-electron chi connectivity index (χ4n) is 2.28. The Kier molecular flexibility index (Phi) is 4.05. The van der Waals surface area contributed by atoms with Crippen LogP contribution in [-0.4, -0.2) is 30.6 Å². The number of carbonyl (C=O) groups is 1. The van der Waals surface area contributed by atoms with Gasteiger partial charge in [-0.2, -0.15) is 0 Å². The van der Waals surface area contributed by atoms with Gasteiger partial charge in [-0.1, -0.05) is 11.3 Å². The molecule has 7 nitrogen and oxygen atoms in total. The molecule has 4 rings (SSSR count). The molecule has 1 aromatic heterocycles. The summed E-state index contributed by atoms with van der Waals surface area (Å²) < 4.78 is 40.8. The van der Waals surface area contributed by atoms with Crippen LogP contribution in [-0.2, 0) is 10.0 Å². The number of carbonyl (C=O) groups excluding carboxylic acids is 1. The van der Waals surface area contributed by atoms with Crippen LogP contribution < -0.4 is 10.0 Å². The van der Waals surface area contributed by atoms with Crippen LogP contribution in [0, 0.1) is 5.82 Å². The minimum Gasteiger partial charge on any atom is -0.296 e. The van der Waals surface area contributed by atoms with Crippen molar-refractivity contribution < 1.29 is 17.6 Å². The first-order chi connectivity index (χ1) is 11.9. The second kappa shape index (κ2) is 6.11. The Morgan fingerprint density at radius 2 is 1.96 bits per heavy atom. The van der Waals surface area contributed by atoms with E-state index >= 15 is 0 Å². The van der Waals surface area contributed by atoms with Crippen LogP contribution in [0.4, 0.5) is 9.52 Å². The van der Waals surface area contributed by atoms with Crippen molar-refractivity contribution in [2.24, 2.45) is 0 Å². The summed E-state index contributed by atoms with van der Waals surface area (Å²) in [6.07, 6.45) is 3.63. The molecule has 0 unspecified atom stereocenters. The fraction of sp³-hybridized carbons (Fsp3) is 0.400. The van der Waals surface area contributed by atoms with Gasteiger partial charge in [0, 0.05) is 17.5 Å². The van der Waals surface area contributed by atoms with Gasteiger partial charge in [0.25, 0.3) is 5.91 Å². The summed E-state index contributed by atoms with van der Waals surface area (Å²) >= 11 is 1.30. The Labute approximate surface area is 147 Å². The number of rotatable bonds is 6. The minimum absolute atomic E-state index is 0.0424. The van der Waals surface area contributed by atoms with Gasteiger partial charge in [-0.25, -0.2) is 17.5 Å². The van der Waals surface area contributed by atoms with Gasteiger partial charge < -0.3 is 0 Å². The maximum atomic E-state index is 14.0. The molecule has 2 aliphatic carbocycles. The van der Waals surface area contributed by atoms with E-state index in [1.54, 1.807) is 0 Å². The van der Waals surface area contributed by atoms with E-state index in [9.17, 15) is 17.6 Å². The van der Waals surface area contributed by atoms with Crippen molar-refractivity contribution in [3.8, 4) is 0 Å². The molecule has 0 bridgehead atoms. The second-order valence-electron chi connectivity index (χ2n) is 6.21. The van der Waals surface area contributed by atoms with Crippen LogP contribution in [0.25, 0.3) is 0 Å². The Balaban J connectivity index is 1.54. The van der Waals surface area contributed by atoms with E-state index in [4.69, 9.17) is 0 Å². The van der Waals surface area contributed by atoms with Crippen molar-refractivity contribution in [2.75, 3.05) is 5.32 Å². The fourth-order valence-corrected chi connectivity index (χ4v) is 4.60. The van der Waals surface area contributed by atoms with Crippen LogP contribution in [0.3, 0.4) is 0 Å². The van der Waals surface area contributed by atoms with Gasteiger partial charge in [-0.3, -0.25) is 10.1 Å². The number of benzene rings is 1. The van der Waals surface area contributed by atoms with Crippen molar-refractivity contribution in [1.82, 2.24) is 14.9 Å². The molecule has 2 saturated carbocycles. The number of hydrogen-bond acceptors (Lipinski definition) is 6. The number of nitrogens with one attached hydrogen (secondary N) is 2. The molecule has 0 aliphatic heterocycles. The minimum atomic E-state index is -3.99. The summed E-state index contributed by atoms with van der Waals surface area (Å²) in [5.74, 6) is -1.02. The average molecular weight is 382 g/mol. The van der Waals surface area contributed by atoms with Crippen LogP contribution >= 0.6 is 11.3 Å². The van der Waals surface area contributed by atoms with Crippen molar-refractivity contribution in [3.05, 3.63) is 34.6 Å². The maximum absolute atomic E-state index is 14.0. The van der Waals surface area contributed by atoms with Crippen LogP contribution in [0.1, 0.15) is 47.0 Å². The number of aromatic nitrogens is 2. The SMILES string of the molecule is O=C(Nc1nnc(C2CC2)s1)c1ccc(F)c(S(=O)(=O)NC2CC2)c1. The van der Waals surface area contributed by atoms with Gasteiger partial charge in [-0.05, 0) is 43.9 Å². The van der Waals surface area contributed by atoms with E-state index in [2.05, 4.69) is 20.2 Å². The molecule has 2 N–H and O–H groups in total. The lowest BCUT2D eigenvalue weighted by Crippen LogP contribution is -2.27. The van der Waals surface area contributed by atoms with E-state index in [0.29, 0.717) is 11.0 Å². The lowest BCUT2D eigenvalue weighted by atomic mass is 10.2. The first-order valence-corrected chi connectivity index (χ1v) is 10.2. The van der Waals surface area contributed by atoms with Gasteiger partial charge in [0.05, 0.1) is 0 Å². The van der Waals surface area contributed by atoms with E-state index < -0.39 is 26.6 Å². The maximum Gasteiger partial charge on any atom is 0.257 e. The molecule has 0 spiro atoms. The van der Waals surface area contributed by atoms with Crippen molar-refractivity contribution in [3.63, 3.8) is 0 Å². The highest BCUT2D eigenvalue weighted by molar-refractivity contribution is 7.89. The number of sulfonamides is 1. The van der Waals surface area contributed by atoms with Gasteiger partial charge in [-0.15, -0.1) is 10.2 Å². The number of halogens is 1. The zero-order valence-electron chi connectivity index (χ0n) is 13.0. The molecule has 10 heteroatoms. The molecule has 1 amide bonds. The predicted molar refractivity (Wildman–Crippen MR) is 89.6 cm³/mol. The van der Waals surface area contributed by atoms with Crippen molar-refractivity contribution in [2.45, 2.75) is 42.5 Å². The second-order valence-corrected chi connectivity index (χ2v) is 8.91. The van der Waals surface area contributed by atoms with Crippen molar-refractivity contribution >= 4 is 32.4 Å². The third-order valence-electron chi connectivity index (χ3n) is 3.97. The molecule has 1 heterocycles. The summed E-state index contributed by atoms with van der Waals surface area (Å²) in [7, 11) is -3.99. The Morgan fingerprint density at radius 1 is 1.20 bits per heavy atom. The Hall–Kier alpha value is -1.91. The molecule has 1 aromatic carbocycles. The Bertz CT molecular complexity index is 936. The van der Waals surface area contributed by atoms with Gasteiger partial charge >= 0.3 is 0 Å². The molecule has 2 fully saturated rings.